The molecule has 2 aromatic heterocycles. The zero-order valence-corrected chi connectivity index (χ0v) is 14.8. The fraction of sp³-hybridized carbons (Fsp3) is 0.154. The van der Waals surface area contributed by atoms with Crippen LogP contribution in [0.5, 0.6) is 0 Å². The Morgan fingerprint density at radius 2 is 2.10 bits per heavy atom. The van der Waals surface area contributed by atoms with Crippen molar-refractivity contribution in [3.05, 3.63) is 49.0 Å². The topological polar surface area (TPSA) is 17.8 Å². The molecule has 0 spiro atoms. The lowest BCUT2D eigenvalue weighted by Gasteiger charge is -2.06. The van der Waals surface area contributed by atoms with Gasteiger partial charge in [-0.2, -0.15) is 0 Å². The van der Waals surface area contributed by atoms with Crippen molar-refractivity contribution in [3.63, 3.8) is 0 Å². The van der Waals surface area contributed by atoms with Gasteiger partial charge in [-0.15, -0.1) is 22.9 Å². The highest BCUT2D eigenvalue weighted by molar-refractivity contribution is 9.11. The summed E-state index contributed by atoms with van der Waals surface area (Å²) in [6, 6.07) is 7.24. The quantitative estimate of drug-likeness (QED) is 0.491. The van der Waals surface area contributed by atoms with Gasteiger partial charge in [0.2, 0.25) is 0 Å². The number of nitrogens with zero attached hydrogens (tertiary/aromatic N) is 2. The van der Waals surface area contributed by atoms with E-state index in [1.165, 1.54) is 10.9 Å². The standard InChI is InChI=1S/C13H8Br2ClFN2S/c14-8-3-11-10(4-9(8)17)18-13(5-16)19(11)6-7-1-2-12(15)20-7/h1-4H,5-6H2. The second kappa shape index (κ2) is 5.75. The molecule has 0 atom stereocenters. The SMILES string of the molecule is Fc1cc2nc(CCl)n(Cc3ccc(Br)s3)c2cc1Br. The molecule has 0 aliphatic carbocycles. The normalized spacial score (nSPS) is 11.4. The Bertz CT molecular complexity index is 784. The van der Waals surface area contributed by atoms with Gasteiger partial charge in [0.25, 0.3) is 0 Å². The summed E-state index contributed by atoms with van der Waals surface area (Å²) in [5.41, 5.74) is 1.50. The molecule has 0 radical (unpaired) electrons. The first-order valence-corrected chi connectivity index (χ1v) is 8.66. The molecule has 20 heavy (non-hydrogen) atoms. The van der Waals surface area contributed by atoms with Crippen LogP contribution in [0.3, 0.4) is 0 Å². The first-order chi connectivity index (χ1) is 9.58. The van der Waals surface area contributed by atoms with Gasteiger partial charge in [-0.1, -0.05) is 0 Å². The number of hydrogen-bond acceptors (Lipinski definition) is 2. The van der Waals surface area contributed by atoms with Crippen LogP contribution in [0.1, 0.15) is 10.7 Å². The minimum atomic E-state index is -0.317. The maximum absolute atomic E-state index is 13.6. The molecule has 2 heterocycles. The van der Waals surface area contributed by atoms with Crippen molar-refractivity contribution in [2.45, 2.75) is 12.4 Å². The van der Waals surface area contributed by atoms with Crippen LogP contribution in [0.25, 0.3) is 11.0 Å². The molecule has 1 aromatic carbocycles. The molecule has 0 unspecified atom stereocenters. The van der Waals surface area contributed by atoms with E-state index in [0.29, 0.717) is 22.4 Å². The Hall–Kier alpha value is -0.430. The number of benzene rings is 1. The second-order valence-corrected chi connectivity index (χ2v) is 7.88. The number of alkyl halides is 1. The molecule has 2 nitrogen and oxygen atoms in total. The zero-order chi connectivity index (χ0) is 14.3. The van der Waals surface area contributed by atoms with Crippen molar-refractivity contribution >= 4 is 65.8 Å². The molecule has 0 fully saturated rings. The monoisotopic (exact) mass is 436 g/mol. The molecule has 0 aliphatic heterocycles. The van der Waals surface area contributed by atoms with Crippen LogP contribution in [-0.4, -0.2) is 9.55 Å². The van der Waals surface area contributed by atoms with Crippen LogP contribution in [0, 0.1) is 5.82 Å². The molecular weight excluding hydrogens is 430 g/mol. The van der Waals surface area contributed by atoms with Gasteiger partial charge in [0.1, 0.15) is 11.6 Å². The lowest BCUT2D eigenvalue weighted by atomic mass is 10.3. The first-order valence-electron chi connectivity index (χ1n) is 5.73. The molecule has 0 bridgehead atoms. The number of rotatable bonds is 3. The molecule has 0 saturated carbocycles. The zero-order valence-electron chi connectivity index (χ0n) is 10.0. The summed E-state index contributed by atoms with van der Waals surface area (Å²) in [6.45, 7) is 0.674. The van der Waals surface area contributed by atoms with E-state index in [0.717, 1.165) is 15.1 Å². The molecule has 0 aliphatic rings. The van der Waals surface area contributed by atoms with Crippen molar-refractivity contribution in [3.8, 4) is 0 Å². The third kappa shape index (κ3) is 2.66. The second-order valence-electron chi connectivity index (χ2n) is 4.21. The summed E-state index contributed by atoms with van der Waals surface area (Å²) >= 11 is 14.3. The average molecular weight is 439 g/mol. The van der Waals surface area contributed by atoms with Gasteiger partial charge in [-0.3, -0.25) is 0 Å². The van der Waals surface area contributed by atoms with Gasteiger partial charge in [0.15, 0.2) is 0 Å². The maximum Gasteiger partial charge on any atom is 0.139 e. The van der Waals surface area contributed by atoms with Crippen LogP contribution in [0.2, 0.25) is 0 Å². The summed E-state index contributed by atoms with van der Waals surface area (Å²) in [5, 5.41) is 0. The molecule has 7 heteroatoms. The van der Waals surface area contributed by atoms with Crippen molar-refractivity contribution in [1.82, 2.24) is 9.55 Å². The van der Waals surface area contributed by atoms with E-state index in [-0.39, 0.29) is 5.82 Å². The first kappa shape index (κ1) is 14.5. The minimum Gasteiger partial charge on any atom is -0.322 e. The van der Waals surface area contributed by atoms with Gasteiger partial charge in [0.05, 0.1) is 31.7 Å². The Labute approximate surface area is 140 Å². The number of halogens is 4. The highest BCUT2D eigenvalue weighted by atomic mass is 79.9. The molecule has 0 N–H and O–H groups in total. The van der Waals surface area contributed by atoms with Crippen LogP contribution >= 0.6 is 54.8 Å². The van der Waals surface area contributed by atoms with Gasteiger partial charge in [0, 0.05) is 10.9 Å². The summed E-state index contributed by atoms with van der Waals surface area (Å²) in [5.74, 6) is 0.714. The fourth-order valence-electron chi connectivity index (χ4n) is 2.04. The van der Waals surface area contributed by atoms with E-state index in [1.54, 1.807) is 17.4 Å². The van der Waals surface area contributed by atoms with Crippen LogP contribution < -0.4 is 0 Å². The summed E-state index contributed by atoms with van der Waals surface area (Å²) < 4.78 is 17.1. The van der Waals surface area contributed by atoms with Gasteiger partial charge >= 0.3 is 0 Å². The minimum absolute atomic E-state index is 0.292. The van der Waals surface area contributed by atoms with Crippen LogP contribution in [-0.2, 0) is 12.4 Å². The Kier molecular flexibility index (Phi) is 4.17. The highest BCUT2D eigenvalue weighted by Crippen LogP contribution is 2.28. The number of thiophene rings is 1. The fourth-order valence-corrected chi connectivity index (χ4v) is 4.05. The van der Waals surface area contributed by atoms with E-state index >= 15 is 0 Å². The lowest BCUT2D eigenvalue weighted by molar-refractivity contribution is 0.622. The third-order valence-electron chi connectivity index (χ3n) is 2.93. The predicted molar refractivity (Wildman–Crippen MR) is 88.1 cm³/mol. The van der Waals surface area contributed by atoms with Gasteiger partial charge in [-0.05, 0) is 50.1 Å². The molecular formula is C13H8Br2ClFN2S. The van der Waals surface area contributed by atoms with E-state index in [9.17, 15) is 4.39 Å². The van der Waals surface area contributed by atoms with E-state index in [2.05, 4.69) is 42.9 Å². The highest BCUT2D eigenvalue weighted by Gasteiger charge is 2.14. The third-order valence-corrected chi connectivity index (χ3v) is 5.39. The number of imidazole rings is 1. The molecule has 104 valence electrons. The molecule has 0 amide bonds. The molecule has 3 aromatic rings. The van der Waals surface area contributed by atoms with Crippen molar-refractivity contribution in [1.29, 1.82) is 0 Å². The number of aromatic nitrogens is 2. The molecule has 0 saturated heterocycles. The Morgan fingerprint density at radius 3 is 2.75 bits per heavy atom. The van der Waals surface area contributed by atoms with E-state index in [4.69, 9.17) is 11.6 Å². The Balaban J connectivity index is 2.14. The lowest BCUT2D eigenvalue weighted by Crippen LogP contribution is -2.02. The summed E-state index contributed by atoms with van der Waals surface area (Å²) in [7, 11) is 0. The van der Waals surface area contributed by atoms with Gasteiger partial charge in [-0.25, -0.2) is 9.37 Å². The Morgan fingerprint density at radius 1 is 1.30 bits per heavy atom. The largest absolute Gasteiger partial charge is 0.322 e. The average Bonchev–Trinajstić information content (AvgIpc) is 2.96. The van der Waals surface area contributed by atoms with Crippen molar-refractivity contribution < 1.29 is 4.39 Å². The van der Waals surface area contributed by atoms with Gasteiger partial charge < -0.3 is 4.57 Å². The van der Waals surface area contributed by atoms with Crippen LogP contribution in [0.4, 0.5) is 4.39 Å². The maximum atomic E-state index is 13.6. The van der Waals surface area contributed by atoms with Crippen molar-refractivity contribution in [2.75, 3.05) is 0 Å². The predicted octanol–water partition coefficient (Wildman–Crippen LogP) is 5.55. The van der Waals surface area contributed by atoms with Crippen molar-refractivity contribution in [2.24, 2.45) is 0 Å². The summed E-state index contributed by atoms with van der Waals surface area (Å²) in [4.78, 5) is 5.58. The smallest absolute Gasteiger partial charge is 0.139 e. The van der Waals surface area contributed by atoms with E-state index < -0.39 is 0 Å². The van der Waals surface area contributed by atoms with Crippen LogP contribution in [0.15, 0.2) is 32.5 Å². The number of fused-ring (bicyclic) bond motifs is 1. The molecule has 3 rings (SSSR count). The van der Waals surface area contributed by atoms with E-state index in [1.807, 2.05) is 10.6 Å². The summed E-state index contributed by atoms with van der Waals surface area (Å²) in [6.07, 6.45) is 0. The number of hydrogen-bond donors (Lipinski definition) is 0.